The van der Waals surface area contributed by atoms with Crippen molar-refractivity contribution in [3.05, 3.63) is 24.0 Å². The van der Waals surface area contributed by atoms with Crippen molar-refractivity contribution >= 4 is 11.8 Å². The van der Waals surface area contributed by atoms with Crippen LogP contribution in [0.4, 0.5) is 10.5 Å². The highest BCUT2D eigenvalue weighted by molar-refractivity contribution is 5.67. The van der Waals surface area contributed by atoms with Crippen molar-refractivity contribution in [3.63, 3.8) is 0 Å². The summed E-state index contributed by atoms with van der Waals surface area (Å²) in [6.45, 7) is 6.34. The number of rotatable bonds is 5. The Morgan fingerprint density at radius 2 is 2.16 bits per heavy atom. The van der Waals surface area contributed by atoms with Crippen molar-refractivity contribution in [2.24, 2.45) is 0 Å². The first-order valence-corrected chi connectivity index (χ1v) is 6.17. The fourth-order valence-electron chi connectivity index (χ4n) is 1.40. The van der Waals surface area contributed by atoms with Gasteiger partial charge in [-0.25, -0.2) is 4.79 Å². The lowest BCUT2D eigenvalue weighted by Crippen LogP contribution is -2.35. The molecule has 1 aromatic rings. The molecule has 0 aliphatic rings. The van der Waals surface area contributed by atoms with E-state index in [4.69, 9.17) is 9.84 Å². The van der Waals surface area contributed by atoms with Crippen LogP contribution in [0.1, 0.15) is 26.3 Å². The molecule has 0 radical (unpaired) electrons. The highest BCUT2D eigenvalue weighted by Crippen LogP contribution is 2.12. The average molecular weight is 267 g/mol. The Labute approximate surface area is 113 Å². The summed E-state index contributed by atoms with van der Waals surface area (Å²) in [4.78, 5) is 15.3. The third-order valence-corrected chi connectivity index (χ3v) is 2.18. The molecule has 0 fully saturated rings. The number of aromatic nitrogens is 1. The summed E-state index contributed by atoms with van der Waals surface area (Å²) in [5.74, 6) is 0. The van der Waals surface area contributed by atoms with E-state index in [0.29, 0.717) is 13.1 Å². The topological polar surface area (TPSA) is 83.5 Å². The number of nitrogens with one attached hydrogen (secondary N) is 2. The van der Waals surface area contributed by atoms with Gasteiger partial charge in [-0.2, -0.15) is 0 Å². The van der Waals surface area contributed by atoms with Gasteiger partial charge in [-0.1, -0.05) is 0 Å². The highest BCUT2D eigenvalue weighted by atomic mass is 16.6. The number of aliphatic hydroxyl groups excluding tert-OH is 1. The summed E-state index contributed by atoms with van der Waals surface area (Å²) in [5, 5.41) is 14.9. The van der Waals surface area contributed by atoms with Crippen molar-refractivity contribution in [3.8, 4) is 0 Å². The minimum Gasteiger partial charge on any atom is -0.444 e. The Balaban J connectivity index is 2.29. The normalized spacial score (nSPS) is 10.9. The van der Waals surface area contributed by atoms with Crippen molar-refractivity contribution < 1.29 is 14.6 Å². The Morgan fingerprint density at radius 3 is 2.79 bits per heavy atom. The second kappa shape index (κ2) is 6.94. The molecule has 106 valence electrons. The predicted molar refractivity (Wildman–Crippen MR) is 72.9 cm³/mol. The number of anilines is 1. The number of hydrogen-bond acceptors (Lipinski definition) is 5. The van der Waals surface area contributed by atoms with Crippen LogP contribution in [0.5, 0.6) is 0 Å². The first kappa shape index (κ1) is 15.2. The average Bonchev–Trinajstić information content (AvgIpc) is 2.33. The van der Waals surface area contributed by atoms with Gasteiger partial charge in [0.15, 0.2) is 0 Å². The minimum absolute atomic E-state index is 0.0737. The van der Waals surface area contributed by atoms with Gasteiger partial charge >= 0.3 is 6.09 Å². The van der Waals surface area contributed by atoms with Crippen LogP contribution in [0.2, 0.25) is 0 Å². The van der Waals surface area contributed by atoms with Crippen molar-refractivity contribution in [1.82, 2.24) is 10.3 Å². The van der Waals surface area contributed by atoms with Crippen LogP contribution < -0.4 is 10.6 Å². The maximum atomic E-state index is 11.4. The summed E-state index contributed by atoms with van der Waals surface area (Å²) < 4.78 is 5.11. The van der Waals surface area contributed by atoms with Gasteiger partial charge < -0.3 is 20.5 Å². The fourth-order valence-corrected chi connectivity index (χ4v) is 1.40. The van der Waals surface area contributed by atoms with E-state index in [2.05, 4.69) is 15.6 Å². The van der Waals surface area contributed by atoms with Gasteiger partial charge in [-0.05, 0) is 26.8 Å². The molecular formula is C13H21N3O3. The Morgan fingerprint density at radius 1 is 1.42 bits per heavy atom. The number of hydrogen-bond donors (Lipinski definition) is 3. The minimum atomic E-state index is -0.493. The summed E-state index contributed by atoms with van der Waals surface area (Å²) in [6, 6.07) is 1.78. The van der Waals surface area contributed by atoms with Gasteiger partial charge in [0.25, 0.3) is 0 Å². The molecule has 1 amide bonds. The van der Waals surface area contributed by atoms with E-state index in [1.54, 1.807) is 18.5 Å². The molecular weight excluding hydrogens is 246 g/mol. The molecule has 0 atom stereocenters. The van der Waals surface area contributed by atoms with Gasteiger partial charge in [0, 0.05) is 36.7 Å². The second-order valence-electron chi connectivity index (χ2n) is 5.05. The third kappa shape index (κ3) is 6.05. The third-order valence-electron chi connectivity index (χ3n) is 2.18. The fraction of sp³-hybridized carbons (Fsp3) is 0.538. The molecule has 1 heterocycles. The number of carbonyl (C=O) groups excluding carboxylic acids is 1. The predicted octanol–water partition coefficient (Wildman–Crippen LogP) is 1.51. The molecule has 6 nitrogen and oxygen atoms in total. The zero-order valence-electron chi connectivity index (χ0n) is 11.6. The SMILES string of the molecule is CC(C)(C)OC(=O)NCCNc1ccncc1CO. The zero-order valence-corrected chi connectivity index (χ0v) is 11.6. The number of amides is 1. The van der Waals surface area contributed by atoms with Gasteiger partial charge in [-0.3, -0.25) is 4.98 Å². The molecule has 0 saturated carbocycles. The maximum Gasteiger partial charge on any atom is 0.407 e. The molecule has 0 aromatic carbocycles. The van der Waals surface area contributed by atoms with Crippen LogP contribution >= 0.6 is 0 Å². The Bertz CT molecular complexity index is 416. The monoisotopic (exact) mass is 267 g/mol. The zero-order chi connectivity index (χ0) is 14.3. The Kier molecular flexibility index (Phi) is 5.57. The number of pyridine rings is 1. The second-order valence-corrected chi connectivity index (χ2v) is 5.05. The molecule has 19 heavy (non-hydrogen) atoms. The van der Waals surface area contributed by atoms with Gasteiger partial charge in [0.2, 0.25) is 0 Å². The molecule has 3 N–H and O–H groups in total. The number of ether oxygens (including phenoxy) is 1. The van der Waals surface area contributed by atoms with Crippen LogP contribution in [0.3, 0.4) is 0 Å². The first-order chi connectivity index (χ1) is 8.92. The quantitative estimate of drug-likeness (QED) is 0.704. The molecule has 1 aromatic heterocycles. The van der Waals surface area contributed by atoms with E-state index in [9.17, 15) is 4.79 Å². The highest BCUT2D eigenvalue weighted by Gasteiger charge is 2.15. The van der Waals surface area contributed by atoms with E-state index < -0.39 is 11.7 Å². The Hall–Kier alpha value is -1.82. The van der Waals surface area contributed by atoms with Crippen molar-refractivity contribution in [2.45, 2.75) is 33.0 Å². The largest absolute Gasteiger partial charge is 0.444 e. The van der Waals surface area contributed by atoms with Crippen molar-refractivity contribution in [2.75, 3.05) is 18.4 Å². The summed E-state index contributed by atoms with van der Waals surface area (Å²) in [5.41, 5.74) is 1.04. The van der Waals surface area contributed by atoms with E-state index in [-0.39, 0.29) is 6.61 Å². The molecule has 0 spiro atoms. The maximum absolute atomic E-state index is 11.4. The molecule has 0 aliphatic heterocycles. The van der Waals surface area contributed by atoms with E-state index in [0.717, 1.165) is 11.3 Å². The van der Waals surface area contributed by atoms with E-state index >= 15 is 0 Å². The van der Waals surface area contributed by atoms with Gasteiger partial charge in [-0.15, -0.1) is 0 Å². The molecule has 0 aliphatic carbocycles. The van der Waals surface area contributed by atoms with Crippen LogP contribution in [-0.2, 0) is 11.3 Å². The number of carbonyl (C=O) groups is 1. The lowest BCUT2D eigenvalue weighted by atomic mass is 10.2. The summed E-state index contributed by atoms with van der Waals surface area (Å²) in [7, 11) is 0. The summed E-state index contributed by atoms with van der Waals surface area (Å²) in [6.07, 6.45) is 2.80. The number of nitrogens with zero attached hydrogens (tertiary/aromatic N) is 1. The van der Waals surface area contributed by atoms with Gasteiger partial charge in [0.05, 0.1) is 6.61 Å². The molecule has 0 saturated heterocycles. The van der Waals surface area contributed by atoms with E-state index in [1.165, 1.54) is 0 Å². The standard InChI is InChI=1S/C13H21N3O3/c1-13(2,3)19-12(18)16-7-6-15-11-4-5-14-8-10(11)9-17/h4-5,8,17H,6-7,9H2,1-3H3,(H,14,15)(H,16,18). The number of alkyl carbamates (subject to hydrolysis) is 1. The lowest BCUT2D eigenvalue weighted by Gasteiger charge is -2.19. The molecule has 6 heteroatoms. The first-order valence-electron chi connectivity index (χ1n) is 6.17. The van der Waals surface area contributed by atoms with E-state index in [1.807, 2.05) is 20.8 Å². The molecule has 0 bridgehead atoms. The molecule has 1 rings (SSSR count). The lowest BCUT2D eigenvalue weighted by molar-refractivity contribution is 0.0530. The van der Waals surface area contributed by atoms with Crippen LogP contribution in [0.25, 0.3) is 0 Å². The summed E-state index contributed by atoms with van der Waals surface area (Å²) >= 11 is 0. The van der Waals surface area contributed by atoms with Crippen molar-refractivity contribution in [1.29, 1.82) is 0 Å². The van der Waals surface area contributed by atoms with Crippen LogP contribution in [-0.4, -0.2) is 34.9 Å². The van der Waals surface area contributed by atoms with Gasteiger partial charge in [0.1, 0.15) is 5.60 Å². The molecule has 0 unspecified atom stereocenters. The number of aliphatic hydroxyl groups is 1. The van der Waals surface area contributed by atoms with Crippen LogP contribution in [0, 0.1) is 0 Å². The van der Waals surface area contributed by atoms with Crippen LogP contribution in [0.15, 0.2) is 18.5 Å². The smallest absolute Gasteiger partial charge is 0.407 e.